The minimum atomic E-state index is -0.353. The maximum Gasteiger partial charge on any atom is 0.283 e. The average molecular weight is 460 g/mol. The number of thiophene rings is 1. The molecule has 4 aromatic rings. The summed E-state index contributed by atoms with van der Waals surface area (Å²) in [6, 6.07) is 15.5. The van der Waals surface area contributed by atoms with Crippen LogP contribution in [0.25, 0.3) is 21.3 Å². The van der Waals surface area contributed by atoms with Gasteiger partial charge in [0.25, 0.3) is 5.91 Å². The molecule has 27 heavy (non-hydrogen) atoms. The molecule has 2 heterocycles. The Hall–Kier alpha value is -2.48. The number of fused-ring (bicyclic) bond motifs is 1. The summed E-state index contributed by atoms with van der Waals surface area (Å²) in [7, 11) is 0. The second-order valence-electron chi connectivity index (χ2n) is 5.62. The van der Waals surface area contributed by atoms with Crippen molar-refractivity contribution in [3.63, 3.8) is 0 Å². The molecule has 0 atom stereocenters. The molecule has 0 bridgehead atoms. The van der Waals surface area contributed by atoms with Crippen molar-refractivity contribution in [2.24, 2.45) is 5.10 Å². The molecule has 5 nitrogen and oxygen atoms in total. The highest BCUT2D eigenvalue weighted by molar-refractivity contribution is 9.10. The molecule has 2 N–H and O–H groups in total. The molecule has 1 amide bonds. The number of carbonyl (C=O) groups is 1. The minimum Gasteiger partial charge on any atom is -0.277 e. The van der Waals surface area contributed by atoms with Crippen LogP contribution in [0.4, 0.5) is 0 Å². The van der Waals surface area contributed by atoms with Gasteiger partial charge in [0.15, 0.2) is 0 Å². The van der Waals surface area contributed by atoms with Crippen LogP contribution in [0.5, 0.6) is 0 Å². The van der Waals surface area contributed by atoms with Crippen molar-refractivity contribution in [3.8, 4) is 11.3 Å². The quantitative estimate of drug-likeness (QED) is 0.314. The van der Waals surface area contributed by atoms with Crippen molar-refractivity contribution in [2.75, 3.05) is 0 Å². The van der Waals surface area contributed by atoms with Crippen LogP contribution in [0.2, 0.25) is 5.02 Å². The topological polar surface area (TPSA) is 70.1 Å². The number of H-pyrrole nitrogens is 1. The number of hydrogen-bond acceptors (Lipinski definition) is 4. The third-order valence-corrected chi connectivity index (χ3v) is 6.22. The normalized spacial score (nSPS) is 11.3. The Morgan fingerprint density at radius 2 is 2.04 bits per heavy atom. The van der Waals surface area contributed by atoms with Gasteiger partial charge in [-0.3, -0.25) is 9.89 Å². The molecule has 4 rings (SSSR count). The monoisotopic (exact) mass is 458 g/mol. The lowest BCUT2D eigenvalue weighted by Gasteiger charge is -2.00. The SMILES string of the molecule is O=C(N/N=C/c1cn[nH]c1-c1ccccc1)c1sc2cccc(Br)c2c1Cl. The lowest BCUT2D eigenvalue weighted by atomic mass is 10.1. The molecular formula is C19H12BrClN4OS. The van der Waals surface area contributed by atoms with E-state index < -0.39 is 0 Å². The maximum atomic E-state index is 12.5. The molecule has 0 spiro atoms. The first-order valence-corrected chi connectivity index (χ1v) is 9.92. The van der Waals surface area contributed by atoms with Crippen molar-refractivity contribution in [1.82, 2.24) is 15.6 Å². The van der Waals surface area contributed by atoms with E-state index in [-0.39, 0.29) is 5.91 Å². The standard InChI is InChI=1S/C19H12BrClN4OS/c20-13-7-4-8-14-15(13)16(21)18(27-14)19(26)25-23-10-12-9-22-24-17(12)11-5-2-1-3-6-11/h1-10H,(H,22,24)(H,25,26)/b23-10+. The average Bonchev–Trinajstić information content (AvgIpc) is 3.28. The fourth-order valence-corrected chi connectivity index (χ4v) is 4.94. The number of hydrogen-bond donors (Lipinski definition) is 2. The van der Waals surface area contributed by atoms with Crippen LogP contribution in [0.3, 0.4) is 0 Å². The third kappa shape index (κ3) is 3.53. The lowest BCUT2D eigenvalue weighted by molar-refractivity contribution is 0.0959. The first-order valence-electron chi connectivity index (χ1n) is 7.94. The highest BCUT2D eigenvalue weighted by Crippen LogP contribution is 2.39. The van der Waals surface area contributed by atoms with Gasteiger partial charge < -0.3 is 0 Å². The maximum absolute atomic E-state index is 12.5. The van der Waals surface area contributed by atoms with Crippen molar-refractivity contribution in [1.29, 1.82) is 0 Å². The molecule has 0 unspecified atom stereocenters. The van der Waals surface area contributed by atoms with Crippen LogP contribution in [0.15, 0.2) is 64.3 Å². The van der Waals surface area contributed by atoms with Gasteiger partial charge in [-0.15, -0.1) is 11.3 Å². The zero-order valence-corrected chi connectivity index (χ0v) is 16.9. The molecular weight excluding hydrogens is 448 g/mol. The van der Waals surface area contributed by atoms with Crippen LogP contribution in [0.1, 0.15) is 15.2 Å². The largest absolute Gasteiger partial charge is 0.283 e. The van der Waals surface area contributed by atoms with E-state index in [9.17, 15) is 4.79 Å². The number of hydrazone groups is 1. The first-order chi connectivity index (χ1) is 13.1. The molecule has 0 fully saturated rings. The van der Waals surface area contributed by atoms with Gasteiger partial charge in [-0.2, -0.15) is 10.2 Å². The highest BCUT2D eigenvalue weighted by atomic mass is 79.9. The summed E-state index contributed by atoms with van der Waals surface area (Å²) in [4.78, 5) is 12.9. The van der Waals surface area contributed by atoms with Gasteiger partial charge in [0.2, 0.25) is 0 Å². The van der Waals surface area contributed by atoms with Crippen LogP contribution in [-0.4, -0.2) is 22.3 Å². The lowest BCUT2D eigenvalue weighted by Crippen LogP contribution is -2.16. The summed E-state index contributed by atoms with van der Waals surface area (Å²) in [5, 5.41) is 12.3. The fourth-order valence-electron chi connectivity index (χ4n) is 2.66. The molecule has 2 aromatic heterocycles. The summed E-state index contributed by atoms with van der Waals surface area (Å²) in [6.07, 6.45) is 3.21. The van der Waals surface area contributed by atoms with E-state index >= 15 is 0 Å². The Balaban J connectivity index is 1.55. The molecule has 0 aliphatic rings. The second kappa shape index (κ2) is 7.64. The van der Waals surface area contributed by atoms with Crippen LogP contribution >= 0.6 is 38.9 Å². The molecule has 134 valence electrons. The molecule has 2 aromatic carbocycles. The number of nitrogens with one attached hydrogen (secondary N) is 2. The summed E-state index contributed by atoms with van der Waals surface area (Å²) in [6.45, 7) is 0. The third-order valence-electron chi connectivity index (χ3n) is 3.91. The highest BCUT2D eigenvalue weighted by Gasteiger charge is 2.18. The van der Waals surface area contributed by atoms with Crippen molar-refractivity contribution < 1.29 is 4.79 Å². The number of aromatic amines is 1. The zero-order chi connectivity index (χ0) is 18.8. The van der Waals surface area contributed by atoms with Gasteiger partial charge in [-0.05, 0) is 12.1 Å². The number of nitrogens with zero attached hydrogens (tertiary/aromatic N) is 2. The number of carbonyl (C=O) groups excluding carboxylic acids is 1. The summed E-state index contributed by atoms with van der Waals surface area (Å²) >= 11 is 11.2. The molecule has 0 saturated carbocycles. The zero-order valence-electron chi connectivity index (χ0n) is 13.7. The Bertz CT molecular complexity index is 1150. The van der Waals surface area contributed by atoms with E-state index in [1.165, 1.54) is 11.3 Å². The smallest absolute Gasteiger partial charge is 0.277 e. The van der Waals surface area contributed by atoms with Gasteiger partial charge >= 0.3 is 0 Å². The van der Waals surface area contributed by atoms with Crippen molar-refractivity contribution in [2.45, 2.75) is 0 Å². The first kappa shape index (κ1) is 17.9. The van der Waals surface area contributed by atoms with Gasteiger partial charge in [-0.1, -0.05) is 63.9 Å². The summed E-state index contributed by atoms with van der Waals surface area (Å²) in [5.74, 6) is -0.353. The summed E-state index contributed by atoms with van der Waals surface area (Å²) in [5.41, 5.74) is 5.12. The molecule has 8 heteroatoms. The van der Waals surface area contributed by atoms with E-state index in [1.54, 1.807) is 12.4 Å². The number of halogens is 2. The number of benzene rings is 2. The van der Waals surface area contributed by atoms with E-state index in [0.29, 0.717) is 9.90 Å². The number of amides is 1. The Morgan fingerprint density at radius 1 is 1.22 bits per heavy atom. The van der Waals surface area contributed by atoms with Crippen LogP contribution in [-0.2, 0) is 0 Å². The van der Waals surface area contributed by atoms with E-state index in [1.807, 2.05) is 48.5 Å². The molecule has 0 radical (unpaired) electrons. The van der Waals surface area contributed by atoms with Gasteiger partial charge in [-0.25, -0.2) is 5.43 Å². The fraction of sp³-hybridized carbons (Fsp3) is 0. The van der Waals surface area contributed by atoms with Gasteiger partial charge in [0, 0.05) is 25.7 Å². The van der Waals surface area contributed by atoms with E-state index in [4.69, 9.17) is 11.6 Å². The van der Waals surface area contributed by atoms with Crippen LogP contribution in [0, 0.1) is 0 Å². The molecule has 0 aliphatic carbocycles. The van der Waals surface area contributed by atoms with Crippen molar-refractivity contribution >= 4 is 61.1 Å². The minimum absolute atomic E-state index is 0.353. The van der Waals surface area contributed by atoms with Gasteiger partial charge in [0.05, 0.1) is 23.1 Å². The number of aromatic nitrogens is 2. The molecule has 0 aliphatic heterocycles. The Morgan fingerprint density at radius 3 is 2.81 bits per heavy atom. The Labute approximate surface area is 172 Å². The predicted octanol–water partition coefficient (Wildman–Crippen LogP) is 5.47. The second-order valence-corrected chi connectivity index (χ2v) is 7.91. The number of rotatable bonds is 4. The van der Waals surface area contributed by atoms with Crippen LogP contribution < -0.4 is 5.43 Å². The Kier molecular flexibility index (Phi) is 5.07. The predicted molar refractivity (Wildman–Crippen MR) is 114 cm³/mol. The van der Waals surface area contributed by atoms with Gasteiger partial charge in [0.1, 0.15) is 4.88 Å². The van der Waals surface area contributed by atoms with E-state index in [2.05, 4.69) is 36.7 Å². The summed E-state index contributed by atoms with van der Waals surface area (Å²) < 4.78 is 1.79. The van der Waals surface area contributed by atoms with E-state index in [0.717, 1.165) is 31.4 Å². The molecule has 0 saturated heterocycles. The van der Waals surface area contributed by atoms with Crippen molar-refractivity contribution in [3.05, 3.63) is 74.7 Å².